The number of nitrogens with zero attached hydrogens (tertiary/aromatic N) is 3. The average Bonchev–Trinajstić information content (AvgIpc) is 2.97. The number of esters is 1. The van der Waals surface area contributed by atoms with Crippen molar-refractivity contribution >= 4 is 11.9 Å². The van der Waals surface area contributed by atoms with Crippen molar-refractivity contribution in [2.75, 3.05) is 19.8 Å². The van der Waals surface area contributed by atoms with Gasteiger partial charge in [-0.25, -0.2) is 4.79 Å². The summed E-state index contributed by atoms with van der Waals surface area (Å²) >= 11 is 0. The van der Waals surface area contributed by atoms with E-state index in [4.69, 9.17) is 9.47 Å². The monoisotopic (exact) mass is 391 g/mol. The van der Waals surface area contributed by atoms with Crippen LogP contribution in [0.2, 0.25) is 0 Å². The van der Waals surface area contributed by atoms with Gasteiger partial charge >= 0.3 is 5.97 Å². The fourth-order valence-corrected chi connectivity index (χ4v) is 4.24. The quantitative estimate of drug-likeness (QED) is 0.722. The summed E-state index contributed by atoms with van der Waals surface area (Å²) in [5.74, 6) is 0.154. The van der Waals surface area contributed by atoms with Crippen molar-refractivity contribution in [2.45, 2.75) is 72.6 Å². The Morgan fingerprint density at radius 1 is 1.36 bits per heavy atom. The molecule has 0 aliphatic carbocycles. The first-order chi connectivity index (χ1) is 13.2. The highest BCUT2D eigenvalue weighted by Gasteiger charge is 2.37. The van der Waals surface area contributed by atoms with Crippen LogP contribution in [0.4, 0.5) is 0 Å². The molecular formula is C21H33N3O4. The molecule has 3 rings (SSSR count). The SMILES string of the molecule is CCOC(=O)c1nn(CC(C)C)c2c1CN(C(=O)C1CCOC(C)(C)C1)CC2. The van der Waals surface area contributed by atoms with Crippen molar-refractivity contribution < 1.29 is 19.1 Å². The number of amides is 1. The Morgan fingerprint density at radius 3 is 2.75 bits per heavy atom. The van der Waals surface area contributed by atoms with E-state index >= 15 is 0 Å². The fraction of sp³-hybridized carbons (Fsp3) is 0.762. The second kappa shape index (κ2) is 8.23. The first-order valence-electron chi connectivity index (χ1n) is 10.4. The number of ether oxygens (including phenoxy) is 2. The molecule has 0 aromatic carbocycles. The van der Waals surface area contributed by atoms with E-state index in [9.17, 15) is 9.59 Å². The van der Waals surface area contributed by atoms with Crippen LogP contribution in [-0.2, 0) is 33.8 Å². The van der Waals surface area contributed by atoms with E-state index < -0.39 is 5.97 Å². The van der Waals surface area contributed by atoms with E-state index in [1.807, 2.05) is 23.4 Å². The molecule has 0 bridgehead atoms. The van der Waals surface area contributed by atoms with Crippen LogP contribution < -0.4 is 0 Å². The van der Waals surface area contributed by atoms with Crippen molar-refractivity contribution in [3.8, 4) is 0 Å². The van der Waals surface area contributed by atoms with Crippen molar-refractivity contribution in [3.63, 3.8) is 0 Å². The van der Waals surface area contributed by atoms with Gasteiger partial charge in [-0.05, 0) is 39.5 Å². The van der Waals surface area contributed by atoms with Crippen molar-refractivity contribution in [1.29, 1.82) is 0 Å². The Morgan fingerprint density at radius 2 is 2.11 bits per heavy atom. The average molecular weight is 392 g/mol. The van der Waals surface area contributed by atoms with Crippen molar-refractivity contribution in [2.24, 2.45) is 11.8 Å². The normalized spacial score (nSPS) is 21.5. The second-order valence-corrected chi connectivity index (χ2v) is 8.88. The van der Waals surface area contributed by atoms with Gasteiger partial charge in [-0.2, -0.15) is 5.10 Å². The highest BCUT2D eigenvalue weighted by molar-refractivity contribution is 5.89. The predicted molar refractivity (Wildman–Crippen MR) is 105 cm³/mol. The van der Waals surface area contributed by atoms with Crippen LogP contribution >= 0.6 is 0 Å². The lowest BCUT2D eigenvalue weighted by Gasteiger charge is -2.38. The molecule has 1 aromatic rings. The van der Waals surface area contributed by atoms with Crippen molar-refractivity contribution in [1.82, 2.24) is 14.7 Å². The van der Waals surface area contributed by atoms with E-state index in [1.54, 1.807) is 6.92 Å². The van der Waals surface area contributed by atoms with Gasteiger partial charge in [0.15, 0.2) is 5.69 Å². The summed E-state index contributed by atoms with van der Waals surface area (Å²) in [5, 5.41) is 4.56. The molecule has 0 N–H and O–H groups in total. The Hall–Kier alpha value is -1.89. The molecule has 1 fully saturated rings. The van der Waals surface area contributed by atoms with Crippen LogP contribution in [0.25, 0.3) is 0 Å². The Balaban J connectivity index is 1.83. The molecule has 7 heteroatoms. The number of fused-ring (bicyclic) bond motifs is 1. The van der Waals surface area contributed by atoms with Crippen LogP contribution in [0.5, 0.6) is 0 Å². The largest absolute Gasteiger partial charge is 0.461 e. The van der Waals surface area contributed by atoms with Crippen LogP contribution in [0, 0.1) is 11.8 Å². The Kier molecular flexibility index (Phi) is 6.12. The third-order valence-electron chi connectivity index (χ3n) is 5.50. The zero-order chi connectivity index (χ0) is 20.5. The van der Waals surface area contributed by atoms with Gasteiger partial charge in [0.25, 0.3) is 0 Å². The van der Waals surface area contributed by atoms with E-state index in [2.05, 4.69) is 18.9 Å². The molecule has 0 saturated carbocycles. The summed E-state index contributed by atoms with van der Waals surface area (Å²) in [6.07, 6.45) is 2.20. The minimum Gasteiger partial charge on any atom is -0.461 e. The summed E-state index contributed by atoms with van der Waals surface area (Å²) in [7, 11) is 0. The molecule has 1 amide bonds. The number of aromatic nitrogens is 2. The van der Waals surface area contributed by atoms with Gasteiger partial charge in [0, 0.05) is 49.8 Å². The number of rotatable bonds is 5. The van der Waals surface area contributed by atoms with Gasteiger partial charge in [0.1, 0.15) is 0 Å². The summed E-state index contributed by atoms with van der Waals surface area (Å²) in [6.45, 7) is 12.9. The van der Waals surface area contributed by atoms with E-state index in [0.717, 1.165) is 30.6 Å². The smallest absolute Gasteiger partial charge is 0.359 e. The predicted octanol–water partition coefficient (Wildman–Crippen LogP) is 2.81. The van der Waals surface area contributed by atoms with Gasteiger partial charge in [0.05, 0.1) is 12.2 Å². The third-order valence-corrected chi connectivity index (χ3v) is 5.50. The van der Waals surface area contributed by atoms with Gasteiger partial charge in [-0.1, -0.05) is 13.8 Å². The zero-order valence-electron chi connectivity index (χ0n) is 17.8. The Bertz CT molecular complexity index is 738. The first kappa shape index (κ1) is 20.8. The summed E-state index contributed by atoms with van der Waals surface area (Å²) in [5.41, 5.74) is 2.01. The van der Waals surface area contributed by atoms with Crippen LogP contribution in [0.3, 0.4) is 0 Å². The van der Waals surface area contributed by atoms with E-state index in [0.29, 0.717) is 44.3 Å². The lowest BCUT2D eigenvalue weighted by Crippen LogP contribution is -2.45. The highest BCUT2D eigenvalue weighted by atomic mass is 16.5. The molecule has 2 aliphatic rings. The third kappa shape index (κ3) is 4.40. The maximum absolute atomic E-state index is 13.2. The standard InChI is InChI=1S/C21H33N3O4/c1-6-27-20(26)18-16-13-23(9-7-17(16)24(22-18)12-14(2)3)19(25)15-8-10-28-21(4,5)11-15/h14-15H,6-13H2,1-5H3. The van der Waals surface area contributed by atoms with E-state index in [1.165, 1.54) is 0 Å². The molecule has 0 radical (unpaired) electrons. The minimum absolute atomic E-state index is 0.0259. The minimum atomic E-state index is -0.400. The molecule has 1 saturated heterocycles. The molecule has 1 unspecified atom stereocenters. The number of carbonyl (C=O) groups is 2. The molecule has 3 heterocycles. The van der Waals surface area contributed by atoms with Gasteiger partial charge < -0.3 is 14.4 Å². The lowest BCUT2D eigenvalue weighted by molar-refractivity contribution is -0.146. The van der Waals surface area contributed by atoms with Gasteiger partial charge in [-0.3, -0.25) is 9.48 Å². The fourth-order valence-electron chi connectivity index (χ4n) is 4.24. The molecule has 1 aromatic heterocycles. The molecule has 2 aliphatic heterocycles. The molecule has 156 valence electrons. The first-order valence-corrected chi connectivity index (χ1v) is 10.4. The number of hydrogen-bond donors (Lipinski definition) is 0. The van der Waals surface area contributed by atoms with Crippen LogP contribution in [-0.4, -0.2) is 51.9 Å². The molecule has 7 nitrogen and oxygen atoms in total. The summed E-state index contributed by atoms with van der Waals surface area (Å²) in [6, 6.07) is 0. The zero-order valence-corrected chi connectivity index (χ0v) is 17.8. The van der Waals surface area contributed by atoms with Gasteiger partial charge in [-0.15, -0.1) is 0 Å². The van der Waals surface area contributed by atoms with Crippen LogP contribution in [0.1, 0.15) is 69.2 Å². The lowest BCUT2D eigenvalue weighted by atomic mass is 9.87. The van der Waals surface area contributed by atoms with Crippen LogP contribution in [0.15, 0.2) is 0 Å². The molecule has 0 spiro atoms. The summed E-state index contributed by atoms with van der Waals surface area (Å²) in [4.78, 5) is 27.5. The Labute approximate surface area is 167 Å². The maximum Gasteiger partial charge on any atom is 0.359 e. The number of hydrogen-bond acceptors (Lipinski definition) is 5. The van der Waals surface area contributed by atoms with Crippen molar-refractivity contribution in [3.05, 3.63) is 17.0 Å². The van der Waals surface area contributed by atoms with Gasteiger partial charge in [0.2, 0.25) is 5.91 Å². The molecular weight excluding hydrogens is 358 g/mol. The molecule has 1 atom stereocenters. The number of carbonyl (C=O) groups excluding carboxylic acids is 2. The highest BCUT2D eigenvalue weighted by Crippen LogP contribution is 2.32. The molecule has 28 heavy (non-hydrogen) atoms. The summed E-state index contributed by atoms with van der Waals surface area (Å²) < 4.78 is 12.9. The maximum atomic E-state index is 13.2. The topological polar surface area (TPSA) is 73.7 Å². The van der Waals surface area contributed by atoms with E-state index in [-0.39, 0.29) is 17.4 Å². The second-order valence-electron chi connectivity index (χ2n) is 8.88.